The number of rotatable bonds is 7. The lowest BCUT2D eigenvalue weighted by molar-refractivity contribution is -0.122. The summed E-state index contributed by atoms with van der Waals surface area (Å²) < 4.78 is 6.66. The van der Waals surface area contributed by atoms with Crippen LogP contribution < -0.4 is 15.6 Å². The molecule has 2 aromatic rings. The molecule has 1 fully saturated rings. The fourth-order valence-corrected chi connectivity index (χ4v) is 3.55. The number of nitrogens with zero attached hydrogens (tertiary/aromatic N) is 2. The molecule has 6 heteroatoms. The number of benzene rings is 1. The number of amides is 1. The van der Waals surface area contributed by atoms with Gasteiger partial charge < -0.3 is 10.1 Å². The van der Waals surface area contributed by atoms with E-state index in [-0.39, 0.29) is 11.5 Å². The normalized spacial score (nSPS) is 14.7. The van der Waals surface area contributed by atoms with Gasteiger partial charge in [0.05, 0.1) is 19.1 Å². The Labute approximate surface area is 159 Å². The molecule has 0 aliphatic heterocycles. The first-order valence-corrected chi connectivity index (χ1v) is 9.63. The van der Waals surface area contributed by atoms with Crippen LogP contribution >= 0.6 is 0 Å². The zero-order valence-corrected chi connectivity index (χ0v) is 15.8. The molecule has 1 amide bonds. The van der Waals surface area contributed by atoms with E-state index in [1.807, 2.05) is 24.3 Å². The quantitative estimate of drug-likeness (QED) is 0.814. The summed E-state index contributed by atoms with van der Waals surface area (Å²) in [7, 11) is 1.61. The third-order valence-electron chi connectivity index (χ3n) is 5.14. The van der Waals surface area contributed by atoms with Gasteiger partial charge in [0.2, 0.25) is 5.91 Å². The fraction of sp³-hybridized carbons (Fsp3) is 0.476. The highest BCUT2D eigenvalue weighted by Gasteiger charge is 2.16. The highest BCUT2D eigenvalue weighted by Crippen LogP contribution is 2.26. The molecule has 1 aliphatic carbocycles. The Hall–Kier alpha value is -2.63. The van der Waals surface area contributed by atoms with Crippen molar-refractivity contribution in [1.29, 1.82) is 0 Å². The van der Waals surface area contributed by atoms with E-state index in [1.165, 1.54) is 36.2 Å². The van der Waals surface area contributed by atoms with Crippen molar-refractivity contribution in [3.8, 4) is 17.0 Å². The Kier molecular flexibility index (Phi) is 6.63. The highest BCUT2D eigenvalue weighted by molar-refractivity contribution is 5.76. The molecule has 1 aromatic carbocycles. The summed E-state index contributed by atoms with van der Waals surface area (Å²) in [4.78, 5) is 28.7. The van der Waals surface area contributed by atoms with Crippen LogP contribution in [-0.2, 0) is 11.3 Å². The zero-order chi connectivity index (χ0) is 19.1. The van der Waals surface area contributed by atoms with Crippen LogP contribution in [0.1, 0.15) is 38.5 Å². The standard InChI is InChI=1S/C21H27N3O3/c1-27-18-9-7-17(8-10-18)19-14-21(26)24(15-23-19)12-11-22-20(25)13-16-5-3-2-4-6-16/h7-10,14-16H,2-6,11-13H2,1H3,(H,22,25). The van der Waals surface area contributed by atoms with Gasteiger partial charge in [0.15, 0.2) is 0 Å². The maximum absolute atomic E-state index is 12.3. The number of hydrogen-bond acceptors (Lipinski definition) is 4. The smallest absolute Gasteiger partial charge is 0.253 e. The predicted octanol–water partition coefficient (Wildman–Crippen LogP) is 3.01. The third kappa shape index (κ3) is 5.42. The number of hydrogen-bond donors (Lipinski definition) is 1. The molecule has 6 nitrogen and oxygen atoms in total. The Balaban J connectivity index is 1.51. The van der Waals surface area contributed by atoms with E-state index in [2.05, 4.69) is 10.3 Å². The molecule has 144 valence electrons. The van der Waals surface area contributed by atoms with Crippen LogP contribution in [0.15, 0.2) is 41.5 Å². The van der Waals surface area contributed by atoms with Crippen molar-refractivity contribution in [3.05, 3.63) is 47.0 Å². The van der Waals surface area contributed by atoms with E-state index in [0.717, 1.165) is 24.2 Å². The van der Waals surface area contributed by atoms with Crippen LogP contribution in [-0.4, -0.2) is 29.1 Å². The summed E-state index contributed by atoms with van der Waals surface area (Å²) in [6.07, 6.45) is 8.21. The van der Waals surface area contributed by atoms with Crippen LogP contribution in [0.5, 0.6) is 5.75 Å². The molecule has 1 aromatic heterocycles. The van der Waals surface area contributed by atoms with Crippen LogP contribution in [0.25, 0.3) is 11.3 Å². The number of carbonyl (C=O) groups is 1. The first kappa shape index (κ1) is 19.1. The predicted molar refractivity (Wildman–Crippen MR) is 105 cm³/mol. The van der Waals surface area contributed by atoms with Gasteiger partial charge in [0.25, 0.3) is 5.56 Å². The molecule has 27 heavy (non-hydrogen) atoms. The minimum Gasteiger partial charge on any atom is -0.497 e. The summed E-state index contributed by atoms with van der Waals surface area (Å²) >= 11 is 0. The van der Waals surface area contributed by atoms with Crippen molar-refractivity contribution in [2.24, 2.45) is 5.92 Å². The molecule has 0 atom stereocenters. The topological polar surface area (TPSA) is 73.2 Å². The molecule has 0 radical (unpaired) electrons. The number of nitrogens with one attached hydrogen (secondary N) is 1. The summed E-state index contributed by atoms with van der Waals surface area (Å²) in [6, 6.07) is 8.94. The van der Waals surface area contributed by atoms with E-state index >= 15 is 0 Å². The van der Waals surface area contributed by atoms with Gasteiger partial charge in [-0.2, -0.15) is 0 Å². The molecule has 1 N–H and O–H groups in total. The summed E-state index contributed by atoms with van der Waals surface area (Å²) in [5, 5.41) is 2.92. The Morgan fingerprint density at radius 3 is 2.63 bits per heavy atom. The maximum atomic E-state index is 12.3. The summed E-state index contributed by atoms with van der Waals surface area (Å²) in [5.74, 6) is 1.36. The SMILES string of the molecule is COc1ccc(-c2cc(=O)n(CCNC(=O)CC3CCCCC3)cn2)cc1. The number of aromatic nitrogens is 2. The van der Waals surface area contributed by atoms with Gasteiger partial charge in [-0.15, -0.1) is 0 Å². The number of carbonyl (C=O) groups excluding carboxylic acids is 1. The summed E-state index contributed by atoms with van der Waals surface area (Å²) in [6.45, 7) is 0.861. The largest absolute Gasteiger partial charge is 0.497 e. The van der Waals surface area contributed by atoms with E-state index in [9.17, 15) is 9.59 Å². The van der Waals surface area contributed by atoms with Crippen molar-refractivity contribution < 1.29 is 9.53 Å². The Morgan fingerprint density at radius 1 is 1.22 bits per heavy atom. The monoisotopic (exact) mass is 369 g/mol. The first-order valence-electron chi connectivity index (χ1n) is 9.63. The van der Waals surface area contributed by atoms with Gasteiger partial charge in [-0.1, -0.05) is 19.3 Å². The minimum atomic E-state index is -0.127. The molecule has 0 spiro atoms. The molecule has 3 rings (SSSR count). The van der Waals surface area contributed by atoms with E-state index < -0.39 is 0 Å². The maximum Gasteiger partial charge on any atom is 0.253 e. The van der Waals surface area contributed by atoms with Crippen molar-refractivity contribution in [2.75, 3.05) is 13.7 Å². The lowest BCUT2D eigenvalue weighted by atomic mass is 9.87. The molecule has 0 bridgehead atoms. The minimum absolute atomic E-state index is 0.0813. The number of methoxy groups -OCH3 is 1. The van der Waals surface area contributed by atoms with Crippen LogP contribution in [0.3, 0.4) is 0 Å². The van der Waals surface area contributed by atoms with Gasteiger partial charge in [-0.25, -0.2) is 4.98 Å². The van der Waals surface area contributed by atoms with Crippen molar-refractivity contribution >= 4 is 5.91 Å². The fourth-order valence-electron chi connectivity index (χ4n) is 3.55. The average Bonchev–Trinajstić information content (AvgIpc) is 2.70. The molecule has 1 heterocycles. The highest BCUT2D eigenvalue weighted by atomic mass is 16.5. The van der Waals surface area contributed by atoms with E-state index in [4.69, 9.17) is 4.74 Å². The van der Waals surface area contributed by atoms with E-state index in [0.29, 0.717) is 31.1 Å². The van der Waals surface area contributed by atoms with Crippen molar-refractivity contribution in [1.82, 2.24) is 14.9 Å². The summed E-state index contributed by atoms with van der Waals surface area (Å²) in [5.41, 5.74) is 1.36. The van der Waals surface area contributed by atoms with Crippen LogP contribution in [0.4, 0.5) is 0 Å². The van der Waals surface area contributed by atoms with Crippen LogP contribution in [0.2, 0.25) is 0 Å². The first-order chi connectivity index (χ1) is 13.2. The molecular weight excluding hydrogens is 342 g/mol. The zero-order valence-electron chi connectivity index (χ0n) is 15.8. The lowest BCUT2D eigenvalue weighted by Gasteiger charge is -2.20. The van der Waals surface area contributed by atoms with Crippen molar-refractivity contribution in [2.45, 2.75) is 45.1 Å². The van der Waals surface area contributed by atoms with Gasteiger partial charge in [0.1, 0.15) is 5.75 Å². The molecule has 0 unspecified atom stereocenters. The molecule has 0 saturated heterocycles. The lowest BCUT2D eigenvalue weighted by Crippen LogP contribution is -2.32. The second-order valence-electron chi connectivity index (χ2n) is 7.09. The van der Waals surface area contributed by atoms with Gasteiger partial charge in [0, 0.05) is 31.1 Å². The van der Waals surface area contributed by atoms with Gasteiger partial charge in [-0.3, -0.25) is 14.2 Å². The number of ether oxygens (including phenoxy) is 1. The van der Waals surface area contributed by atoms with Gasteiger partial charge >= 0.3 is 0 Å². The molecular formula is C21H27N3O3. The van der Waals surface area contributed by atoms with E-state index in [1.54, 1.807) is 7.11 Å². The Bertz CT molecular complexity index is 808. The Morgan fingerprint density at radius 2 is 1.96 bits per heavy atom. The third-order valence-corrected chi connectivity index (χ3v) is 5.14. The second-order valence-corrected chi connectivity index (χ2v) is 7.09. The van der Waals surface area contributed by atoms with Gasteiger partial charge in [-0.05, 0) is 43.0 Å². The molecule has 1 aliphatic rings. The average molecular weight is 369 g/mol. The second kappa shape index (κ2) is 9.35. The van der Waals surface area contributed by atoms with Crippen molar-refractivity contribution in [3.63, 3.8) is 0 Å². The molecule has 1 saturated carbocycles. The van der Waals surface area contributed by atoms with Crippen LogP contribution in [0, 0.1) is 5.92 Å².